The number of hydrogen-bond donors (Lipinski definition) is 2. The Kier molecular flexibility index (Phi) is 5.68. The summed E-state index contributed by atoms with van der Waals surface area (Å²) in [5.41, 5.74) is 4.05. The van der Waals surface area contributed by atoms with E-state index in [1.165, 1.54) is 6.07 Å². The Bertz CT molecular complexity index is 1250. The number of hydrogen-bond acceptors (Lipinski definition) is 4. The molecule has 0 aliphatic heterocycles. The molecule has 2 aromatic carbocycles. The molecule has 8 heteroatoms. The molecule has 156 valence electrons. The van der Waals surface area contributed by atoms with Crippen molar-refractivity contribution in [2.45, 2.75) is 6.92 Å². The van der Waals surface area contributed by atoms with Crippen LogP contribution in [0.25, 0.3) is 11.1 Å². The molecule has 0 bridgehead atoms. The highest BCUT2D eigenvalue weighted by Gasteiger charge is 2.15. The van der Waals surface area contributed by atoms with E-state index in [9.17, 15) is 9.18 Å². The van der Waals surface area contributed by atoms with Gasteiger partial charge in [-0.25, -0.2) is 9.37 Å². The van der Waals surface area contributed by atoms with Gasteiger partial charge in [0.05, 0.1) is 11.9 Å². The minimum absolute atomic E-state index is 0.110. The first-order valence-electron chi connectivity index (χ1n) is 9.48. The summed E-state index contributed by atoms with van der Waals surface area (Å²) >= 11 is 5.91. The van der Waals surface area contributed by atoms with Crippen LogP contribution in [0, 0.1) is 12.7 Å². The minimum Gasteiger partial charge on any atom is -0.338 e. The predicted octanol–water partition coefficient (Wildman–Crippen LogP) is 5.58. The van der Waals surface area contributed by atoms with Crippen molar-refractivity contribution >= 4 is 34.7 Å². The van der Waals surface area contributed by atoms with E-state index in [-0.39, 0.29) is 10.6 Å². The molecule has 0 aliphatic carbocycles. The van der Waals surface area contributed by atoms with Crippen molar-refractivity contribution in [1.29, 1.82) is 0 Å². The lowest BCUT2D eigenvalue weighted by molar-refractivity contribution is 0.102. The second kappa shape index (κ2) is 8.57. The fraction of sp³-hybridized carbons (Fsp3) is 0.0870. The molecule has 0 radical (unpaired) electrons. The van der Waals surface area contributed by atoms with Gasteiger partial charge in [-0.3, -0.25) is 9.48 Å². The van der Waals surface area contributed by atoms with E-state index in [1.54, 1.807) is 23.1 Å². The minimum atomic E-state index is -0.585. The molecule has 0 atom stereocenters. The highest BCUT2D eigenvalue weighted by atomic mass is 35.5. The van der Waals surface area contributed by atoms with Crippen molar-refractivity contribution in [1.82, 2.24) is 14.8 Å². The van der Waals surface area contributed by atoms with Crippen molar-refractivity contribution < 1.29 is 9.18 Å². The standard InChI is InChI=1S/C23H19ClFN5O/c1-14-5-3-4-6-20(14)28-22-21(9-16(11-26-22)17-12-27-30(2)13-17)29-23(31)15-7-18(24)10-19(25)8-15/h3-13H,1-2H3,(H,26,28)(H,29,31). The Morgan fingerprint density at radius 2 is 1.87 bits per heavy atom. The van der Waals surface area contributed by atoms with Gasteiger partial charge in [0.25, 0.3) is 5.91 Å². The van der Waals surface area contributed by atoms with Gasteiger partial charge >= 0.3 is 0 Å². The summed E-state index contributed by atoms with van der Waals surface area (Å²) in [6, 6.07) is 13.2. The number of carbonyl (C=O) groups is 1. The van der Waals surface area contributed by atoms with Crippen LogP contribution in [-0.4, -0.2) is 20.7 Å². The van der Waals surface area contributed by atoms with Crippen molar-refractivity contribution in [3.63, 3.8) is 0 Å². The van der Waals surface area contributed by atoms with Crippen LogP contribution in [-0.2, 0) is 7.05 Å². The van der Waals surface area contributed by atoms with Crippen molar-refractivity contribution in [2.24, 2.45) is 7.05 Å². The lowest BCUT2D eigenvalue weighted by atomic mass is 10.1. The van der Waals surface area contributed by atoms with Gasteiger partial charge in [-0.2, -0.15) is 5.10 Å². The molecule has 2 N–H and O–H groups in total. The molecule has 0 fully saturated rings. The normalized spacial score (nSPS) is 10.7. The highest BCUT2D eigenvalue weighted by Crippen LogP contribution is 2.30. The fourth-order valence-electron chi connectivity index (χ4n) is 3.11. The Morgan fingerprint density at radius 3 is 2.58 bits per heavy atom. The van der Waals surface area contributed by atoms with Crippen molar-refractivity contribution in [3.8, 4) is 11.1 Å². The maximum absolute atomic E-state index is 13.7. The molecule has 0 aliphatic rings. The first-order valence-corrected chi connectivity index (χ1v) is 9.86. The van der Waals surface area contributed by atoms with E-state index in [4.69, 9.17) is 11.6 Å². The Hall–Kier alpha value is -3.71. The molecule has 2 heterocycles. The van der Waals surface area contributed by atoms with Gasteiger partial charge in [-0.15, -0.1) is 0 Å². The van der Waals surface area contributed by atoms with Gasteiger partial charge in [-0.05, 0) is 42.8 Å². The van der Waals surface area contributed by atoms with Gasteiger partial charge in [0, 0.05) is 46.8 Å². The summed E-state index contributed by atoms with van der Waals surface area (Å²) in [5, 5.41) is 10.4. The summed E-state index contributed by atoms with van der Waals surface area (Å²) in [7, 11) is 1.82. The first kappa shape index (κ1) is 20.6. The third kappa shape index (κ3) is 4.73. The molecular formula is C23H19ClFN5O. The summed E-state index contributed by atoms with van der Waals surface area (Å²) in [6.07, 6.45) is 5.26. The van der Waals surface area contributed by atoms with Gasteiger partial charge in [0.15, 0.2) is 5.82 Å². The van der Waals surface area contributed by atoms with Crippen LogP contribution in [0.4, 0.5) is 21.6 Å². The zero-order valence-electron chi connectivity index (χ0n) is 16.9. The summed E-state index contributed by atoms with van der Waals surface area (Å²) < 4.78 is 15.4. The number of para-hydroxylation sites is 1. The average molecular weight is 436 g/mol. The summed E-state index contributed by atoms with van der Waals surface area (Å²) in [6.45, 7) is 1.97. The van der Waals surface area contributed by atoms with Crippen LogP contribution in [0.3, 0.4) is 0 Å². The van der Waals surface area contributed by atoms with Gasteiger partial charge < -0.3 is 10.6 Å². The molecule has 0 unspecified atom stereocenters. The Balaban J connectivity index is 1.72. The zero-order chi connectivity index (χ0) is 22.0. The van der Waals surface area contributed by atoms with Crippen LogP contribution >= 0.6 is 11.6 Å². The van der Waals surface area contributed by atoms with Crippen LogP contribution < -0.4 is 10.6 Å². The second-order valence-electron chi connectivity index (χ2n) is 7.08. The largest absolute Gasteiger partial charge is 0.338 e. The number of carbonyl (C=O) groups excluding carboxylic acids is 1. The maximum atomic E-state index is 13.7. The van der Waals surface area contributed by atoms with Crippen LogP contribution in [0.15, 0.2) is 67.1 Å². The number of pyridine rings is 1. The van der Waals surface area contributed by atoms with E-state index in [1.807, 2.05) is 44.4 Å². The number of aryl methyl sites for hydroxylation is 2. The van der Waals surface area contributed by atoms with Crippen LogP contribution in [0.1, 0.15) is 15.9 Å². The zero-order valence-corrected chi connectivity index (χ0v) is 17.6. The lowest BCUT2D eigenvalue weighted by Gasteiger charge is -2.15. The quantitative estimate of drug-likeness (QED) is 0.429. The number of benzene rings is 2. The third-order valence-corrected chi connectivity index (χ3v) is 4.92. The SMILES string of the molecule is Cc1ccccc1Nc1ncc(-c2cnn(C)c2)cc1NC(=O)c1cc(F)cc(Cl)c1. The number of aromatic nitrogens is 3. The van der Waals surface area contributed by atoms with Gasteiger partial charge in [-0.1, -0.05) is 29.8 Å². The fourth-order valence-corrected chi connectivity index (χ4v) is 3.33. The monoisotopic (exact) mass is 435 g/mol. The molecule has 31 heavy (non-hydrogen) atoms. The van der Waals surface area contributed by atoms with E-state index >= 15 is 0 Å². The number of rotatable bonds is 5. The Morgan fingerprint density at radius 1 is 1.06 bits per heavy atom. The van der Waals surface area contributed by atoms with Gasteiger partial charge in [0.2, 0.25) is 0 Å². The molecule has 0 saturated heterocycles. The molecule has 0 saturated carbocycles. The first-order chi connectivity index (χ1) is 14.9. The second-order valence-corrected chi connectivity index (χ2v) is 7.51. The molecule has 6 nitrogen and oxygen atoms in total. The Labute approximate surface area is 183 Å². The summed E-state index contributed by atoms with van der Waals surface area (Å²) in [5.74, 6) is -0.629. The van der Waals surface area contributed by atoms with Gasteiger partial charge in [0.1, 0.15) is 5.82 Å². The highest BCUT2D eigenvalue weighted by molar-refractivity contribution is 6.31. The number of anilines is 3. The van der Waals surface area contributed by atoms with E-state index in [2.05, 4.69) is 20.7 Å². The third-order valence-electron chi connectivity index (χ3n) is 4.70. The average Bonchev–Trinajstić information content (AvgIpc) is 3.16. The molecule has 4 rings (SSSR count). The lowest BCUT2D eigenvalue weighted by Crippen LogP contribution is -2.14. The number of nitrogens with one attached hydrogen (secondary N) is 2. The maximum Gasteiger partial charge on any atom is 0.255 e. The number of nitrogens with zero attached hydrogens (tertiary/aromatic N) is 3. The number of halogens is 2. The molecule has 4 aromatic rings. The molecule has 0 spiro atoms. The smallest absolute Gasteiger partial charge is 0.255 e. The molecule has 1 amide bonds. The van der Waals surface area contributed by atoms with Crippen LogP contribution in [0.2, 0.25) is 5.02 Å². The van der Waals surface area contributed by atoms with E-state index in [0.29, 0.717) is 11.5 Å². The predicted molar refractivity (Wildman–Crippen MR) is 120 cm³/mol. The molecule has 2 aromatic heterocycles. The van der Waals surface area contributed by atoms with E-state index in [0.717, 1.165) is 34.5 Å². The summed E-state index contributed by atoms with van der Waals surface area (Å²) in [4.78, 5) is 17.4. The topological polar surface area (TPSA) is 71.8 Å². The van der Waals surface area contributed by atoms with Crippen molar-refractivity contribution in [3.05, 3.63) is 89.1 Å². The van der Waals surface area contributed by atoms with Crippen LogP contribution in [0.5, 0.6) is 0 Å². The van der Waals surface area contributed by atoms with Crippen molar-refractivity contribution in [2.75, 3.05) is 10.6 Å². The molecular weight excluding hydrogens is 417 g/mol. The number of amides is 1. The van der Waals surface area contributed by atoms with E-state index < -0.39 is 11.7 Å².